The third kappa shape index (κ3) is 5.05. The van der Waals surface area contributed by atoms with Crippen molar-refractivity contribution in [3.05, 3.63) is 63.6 Å². The van der Waals surface area contributed by atoms with Crippen molar-refractivity contribution in [3.63, 3.8) is 0 Å². The molecule has 0 N–H and O–H groups in total. The number of allylic oxidation sites excluding steroid dienone is 1. The number of halogens is 2. The first-order chi connectivity index (χ1) is 14.3. The van der Waals surface area contributed by atoms with Gasteiger partial charge in [0, 0.05) is 5.56 Å². The van der Waals surface area contributed by atoms with Gasteiger partial charge in [-0.05, 0) is 79.6 Å². The first kappa shape index (κ1) is 22.4. The van der Waals surface area contributed by atoms with Crippen LogP contribution >= 0.6 is 31.9 Å². The molecule has 2 aromatic carbocycles. The molecular formula is C23H21Br2NO4. The Morgan fingerprint density at radius 2 is 1.80 bits per heavy atom. The molecule has 0 spiro atoms. The van der Waals surface area contributed by atoms with Gasteiger partial charge in [0.25, 0.3) is 0 Å². The second-order valence-electron chi connectivity index (χ2n) is 7.58. The summed E-state index contributed by atoms with van der Waals surface area (Å²) in [6.45, 7) is 4.02. The largest absolute Gasteiger partial charge is 0.497 e. The first-order valence-electron chi connectivity index (χ1n) is 9.31. The first-order valence-corrected chi connectivity index (χ1v) is 10.9. The van der Waals surface area contributed by atoms with E-state index >= 15 is 0 Å². The lowest BCUT2D eigenvalue weighted by Gasteiger charge is -2.13. The molecule has 0 aromatic heterocycles. The fourth-order valence-corrected chi connectivity index (χ4v) is 4.02. The molecule has 30 heavy (non-hydrogen) atoms. The molecule has 0 radical (unpaired) electrons. The lowest BCUT2D eigenvalue weighted by atomic mass is 10.1. The van der Waals surface area contributed by atoms with E-state index in [0.717, 1.165) is 9.14 Å². The average molecular weight is 535 g/mol. The maximum atomic E-state index is 12.7. The summed E-state index contributed by atoms with van der Waals surface area (Å²) in [4.78, 5) is 12.7. The molecule has 1 saturated carbocycles. The Morgan fingerprint density at radius 1 is 1.13 bits per heavy atom. The quantitative estimate of drug-likeness (QED) is 0.379. The van der Waals surface area contributed by atoms with Crippen LogP contribution in [0, 0.1) is 28.6 Å². The van der Waals surface area contributed by atoms with Crippen LogP contribution in [0.5, 0.6) is 17.2 Å². The van der Waals surface area contributed by atoms with E-state index in [1.165, 1.54) is 0 Å². The highest BCUT2D eigenvalue weighted by molar-refractivity contribution is 9.28. The second-order valence-corrected chi connectivity index (χ2v) is 10.4. The van der Waals surface area contributed by atoms with E-state index in [4.69, 9.17) is 14.2 Å². The van der Waals surface area contributed by atoms with Crippen LogP contribution in [0.3, 0.4) is 0 Å². The summed E-state index contributed by atoms with van der Waals surface area (Å²) in [5.74, 6) is 1.28. The summed E-state index contributed by atoms with van der Waals surface area (Å²) in [7, 11) is 1.60. The number of nitrogens with zero attached hydrogens (tertiary/aromatic N) is 1. The highest BCUT2D eigenvalue weighted by atomic mass is 79.9. The van der Waals surface area contributed by atoms with Crippen LogP contribution in [0.1, 0.15) is 25.5 Å². The number of ether oxygens (including phenoxy) is 3. The topological polar surface area (TPSA) is 68.6 Å². The molecule has 5 nitrogen and oxygen atoms in total. The van der Waals surface area contributed by atoms with Gasteiger partial charge in [-0.2, -0.15) is 5.26 Å². The molecule has 1 aliphatic rings. The molecule has 2 aromatic rings. The highest BCUT2D eigenvalue weighted by Crippen LogP contribution is 2.60. The lowest BCUT2D eigenvalue weighted by molar-refractivity contribution is -0.149. The molecule has 7 heteroatoms. The molecule has 0 heterocycles. The van der Waals surface area contributed by atoms with Gasteiger partial charge in [-0.1, -0.05) is 32.1 Å². The van der Waals surface area contributed by atoms with E-state index in [2.05, 4.69) is 37.9 Å². The van der Waals surface area contributed by atoms with Gasteiger partial charge in [0.05, 0.1) is 16.4 Å². The van der Waals surface area contributed by atoms with E-state index in [1.807, 2.05) is 19.9 Å². The van der Waals surface area contributed by atoms with E-state index in [-0.39, 0.29) is 23.2 Å². The monoisotopic (exact) mass is 533 g/mol. The molecule has 156 valence electrons. The Kier molecular flexibility index (Phi) is 6.89. The van der Waals surface area contributed by atoms with Crippen LogP contribution < -0.4 is 9.47 Å². The van der Waals surface area contributed by atoms with Crippen LogP contribution in [-0.2, 0) is 9.53 Å². The van der Waals surface area contributed by atoms with Crippen LogP contribution in [-0.4, -0.2) is 13.1 Å². The molecule has 3 atom stereocenters. The third-order valence-corrected chi connectivity index (χ3v) is 5.81. The molecular weight excluding hydrogens is 514 g/mol. The Morgan fingerprint density at radius 3 is 2.40 bits per heavy atom. The Balaban J connectivity index is 1.71. The summed E-state index contributed by atoms with van der Waals surface area (Å²) in [6.07, 6.45) is 0.932. The zero-order chi connectivity index (χ0) is 21.9. The molecule has 3 rings (SSSR count). The number of nitriles is 1. The van der Waals surface area contributed by atoms with Gasteiger partial charge in [-0.3, -0.25) is 4.79 Å². The van der Waals surface area contributed by atoms with E-state index in [0.29, 0.717) is 17.1 Å². The number of hydrogen-bond acceptors (Lipinski definition) is 5. The number of methoxy groups -OCH3 is 1. The highest BCUT2D eigenvalue weighted by Gasteiger charge is 2.61. The molecule has 0 unspecified atom stereocenters. The minimum Gasteiger partial charge on any atom is -0.497 e. The van der Waals surface area contributed by atoms with Gasteiger partial charge in [0.1, 0.15) is 23.3 Å². The lowest BCUT2D eigenvalue weighted by Crippen LogP contribution is -2.14. The fourth-order valence-electron chi connectivity index (χ4n) is 3.45. The van der Waals surface area contributed by atoms with Gasteiger partial charge in [0.2, 0.25) is 6.10 Å². The Labute approximate surface area is 192 Å². The molecule has 1 fully saturated rings. The summed E-state index contributed by atoms with van der Waals surface area (Å²) in [5, 5.41) is 9.60. The second kappa shape index (κ2) is 9.23. The van der Waals surface area contributed by atoms with E-state index in [9.17, 15) is 10.1 Å². The number of rotatable bonds is 7. The van der Waals surface area contributed by atoms with Crippen molar-refractivity contribution in [1.82, 2.24) is 0 Å². The Bertz CT molecular complexity index is 991. The molecule has 0 amide bonds. The normalized spacial score (nSPS) is 19.7. The van der Waals surface area contributed by atoms with Gasteiger partial charge < -0.3 is 14.2 Å². The predicted octanol–water partition coefficient (Wildman–Crippen LogP) is 6.50. The van der Waals surface area contributed by atoms with Gasteiger partial charge in [-0.15, -0.1) is 0 Å². The Hall–Kier alpha value is -2.30. The molecule has 1 aliphatic carbocycles. The minimum atomic E-state index is -1.01. The number of carbonyl (C=O) groups excluding carboxylic acids is 1. The number of carbonyl (C=O) groups is 1. The summed E-state index contributed by atoms with van der Waals surface area (Å²) in [5.41, 5.74) is 0.340. The third-order valence-electron chi connectivity index (χ3n) is 5.28. The van der Waals surface area contributed by atoms with E-state index in [1.54, 1.807) is 55.6 Å². The van der Waals surface area contributed by atoms with Crippen molar-refractivity contribution in [2.45, 2.75) is 20.0 Å². The minimum absolute atomic E-state index is 0.0443. The average Bonchev–Trinajstić information content (AvgIpc) is 3.25. The number of esters is 1. The SMILES string of the molecule is COc1ccc(Oc2cccc([C@@H](C#N)OC(=O)[C@@H]3[C@H](C=C(Br)Br)C3(C)C)c2)cc1. The van der Waals surface area contributed by atoms with Crippen molar-refractivity contribution in [2.75, 3.05) is 7.11 Å². The van der Waals surface area contributed by atoms with Crippen LogP contribution in [0.15, 0.2) is 58.0 Å². The predicted molar refractivity (Wildman–Crippen MR) is 121 cm³/mol. The van der Waals surface area contributed by atoms with Crippen LogP contribution in [0.2, 0.25) is 0 Å². The van der Waals surface area contributed by atoms with Crippen molar-refractivity contribution < 1.29 is 19.0 Å². The molecule has 0 saturated heterocycles. The zero-order valence-electron chi connectivity index (χ0n) is 16.8. The summed E-state index contributed by atoms with van der Waals surface area (Å²) < 4.78 is 17.3. The molecule has 0 aliphatic heterocycles. The maximum Gasteiger partial charge on any atom is 0.311 e. The van der Waals surface area contributed by atoms with Crippen LogP contribution in [0.25, 0.3) is 0 Å². The van der Waals surface area contributed by atoms with E-state index < -0.39 is 6.10 Å². The van der Waals surface area contributed by atoms with Crippen molar-refractivity contribution in [2.24, 2.45) is 17.3 Å². The van der Waals surface area contributed by atoms with Gasteiger partial charge in [0.15, 0.2) is 0 Å². The van der Waals surface area contributed by atoms with Crippen molar-refractivity contribution in [3.8, 4) is 23.3 Å². The van der Waals surface area contributed by atoms with Gasteiger partial charge in [-0.25, -0.2) is 0 Å². The summed E-state index contributed by atoms with van der Waals surface area (Å²) >= 11 is 6.68. The number of hydrogen-bond donors (Lipinski definition) is 0. The van der Waals surface area contributed by atoms with Crippen LogP contribution in [0.4, 0.5) is 0 Å². The maximum absolute atomic E-state index is 12.7. The van der Waals surface area contributed by atoms with Crippen molar-refractivity contribution in [1.29, 1.82) is 5.26 Å². The zero-order valence-corrected chi connectivity index (χ0v) is 19.9. The number of benzene rings is 2. The molecule has 0 bridgehead atoms. The van der Waals surface area contributed by atoms with Gasteiger partial charge >= 0.3 is 5.97 Å². The van der Waals surface area contributed by atoms with Crippen molar-refractivity contribution >= 4 is 37.8 Å². The fraction of sp³-hybridized carbons (Fsp3) is 0.304. The smallest absolute Gasteiger partial charge is 0.311 e. The standard InChI is InChI=1S/C23H21Br2NO4/c1-23(2)18(12-20(24)25)21(23)22(27)30-19(13-26)14-5-4-6-17(11-14)29-16-9-7-15(28-3)8-10-16/h4-12,18-19,21H,1-3H3/t18-,19+,21-/m0/s1. The summed E-state index contributed by atoms with van der Waals surface area (Å²) in [6, 6.07) is 16.2.